The van der Waals surface area contributed by atoms with Crippen LogP contribution in [0, 0.1) is 0 Å². The third-order valence-corrected chi connectivity index (χ3v) is 2.32. The summed E-state index contributed by atoms with van der Waals surface area (Å²) >= 11 is 0. The highest BCUT2D eigenvalue weighted by Gasteiger charge is 2.22. The zero-order valence-electron chi connectivity index (χ0n) is 10.5. The van der Waals surface area contributed by atoms with Crippen molar-refractivity contribution < 1.29 is 9.53 Å². The lowest BCUT2D eigenvalue weighted by Gasteiger charge is -2.21. The van der Waals surface area contributed by atoms with Crippen LogP contribution in [0.4, 0.5) is 0 Å². The van der Waals surface area contributed by atoms with E-state index in [4.69, 9.17) is 0 Å². The second-order valence-electron chi connectivity index (χ2n) is 4.66. The van der Waals surface area contributed by atoms with Crippen LogP contribution in [0.3, 0.4) is 0 Å². The van der Waals surface area contributed by atoms with Crippen LogP contribution in [-0.4, -0.2) is 23.0 Å². The van der Waals surface area contributed by atoms with Gasteiger partial charge in [-0.15, -0.1) is 0 Å². The molecular weight excluding hydrogens is 204 g/mol. The molecule has 1 aromatic heterocycles. The molecule has 0 saturated heterocycles. The van der Waals surface area contributed by atoms with Crippen molar-refractivity contribution in [2.24, 2.45) is 0 Å². The third kappa shape index (κ3) is 2.56. The Morgan fingerprint density at radius 2 is 2.06 bits per heavy atom. The van der Waals surface area contributed by atoms with E-state index in [-0.39, 0.29) is 11.2 Å². The molecule has 4 heteroatoms. The fraction of sp³-hybridized carbons (Fsp3) is 0.583. The highest BCUT2D eigenvalue weighted by Crippen LogP contribution is 2.23. The van der Waals surface area contributed by atoms with E-state index in [0.29, 0.717) is 0 Å². The molecular formula is C12H18N2O2. The normalized spacial score (nSPS) is 11.3. The van der Waals surface area contributed by atoms with Crippen LogP contribution in [0.5, 0.6) is 0 Å². The quantitative estimate of drug-likeness (QED) is 0.719. The van der Waals surface area contributed by atoms with Crippen molar-refractivity contribution >= 4 is 5.97 Å². The number of carbonyl (C=O) groups is 1. The van der Waals surface area contributed by atoms with Gasteiger partial charge in [0, 0.05) is 11.6 Å². The highest BCUT2D eigenvalue weighted by molar-refractivity contribution is 5.85. The average molecular weight is 222 g/mol. The van der Waals surface area contributed by atoms with E-state index in [9.17, 15) is 4.79 Å². The summed E-state index contributed by atoms with van der Waals surface area (Å²) in [5, 5.41) is 0. The zero-order valence-corrected chi connectivity index (χ0v) is 10.5. The summed E-state index contributed by atoms with van der Waals surface area (Å²) in [6, 6.07) is 0. The van der Waals surface area contributed by atoms with E-state index in [2.05, 4.69) is 35.5 Å². The van der Waals surface area contributed by atoms with Gasteiger partial charge in [0.15, 0.2) is 0 Å². The Bertz CT molecular complexity index is 394. The third-order valence-electron chi connectivity index (χ3n) is 2.32. The molecule has 1 aromatic rings. The molecule has 88 valence electrons. The summed E-state index contributed by atoms with van der Waals surface area (Å²) in [5.41, 5.74) is 1.88. The lowest BCUT2D eigenvalue weighted by molar-refractivity contribution is 0.0586. The Labute approximate surface area is 96.1 Å². The maximum atomic E-state index is 11.3. The molecule has 0 aliphatic heterocycles. The fourth-order valence-electron chi connectivity index (χ4n) is 1.50. The van der Waals surface area contributed by atoms with E-state index in [0.717, 1.165) is 17.7 Å². The Morgan fingerprint density at radius 1 is 1.44 bits per heavy atom. The highest BCUT2D eigenvalue weighted by atomic mass is 16.5. The number of ether oxygens (including phenoxy) is 1. The Hall–Kier alpha value is -1.45. The molecule has 0 fully saturated rings. The monoisotopic (exact) mass is 222 g/mol. The van der Waals surface area contributed by atoms with Gasteiger partial charge in [-0.2, -0.15) is 0 Å². The van der Waals surface area contributed by atoms with Gasteiger partial charge >= 0.3 is 5.97 Å². The van der Waals surface area contributed by atoms with Crippen molar-refractivity contribution in [1.82, 2.24) is 9.97 Å². The van der Waals surface area contributed by atoms with Gasteiger partial charge in [-0.1, -0.05) is 27.7 Å². The van der Waals surface area contributed by atoms with E-state index in [1.54, 1.807) is 6.20 Å². The molecule has 0 atom stereocenters. The number of aryl methyl sites for hydroxylation is 1. The van der Waals surface area contributed by atoms with Gasteiger partial charge in [0.05, 0.1) is 12.8 Å². The molecule has 1 rings (SSSR count). The molecule has 0 bridgehead atoms. The molecule has 0 aliphatic rings. The fourth-order valence-corrected chi connectivity index (χ4v) is 1.50. The number of nitrogens with zero attached hydrogens (tertiary/aromatic N) is 2. The summed E-state index contributed by atoms with van der Waals surface area (Å²) < 4.78 is 4.61. The van der Waals surface area contributed by atoms with Crippen LogP contribution in [0.2, 0.25) is 0 Å². The van der Waals surface area contributed by atoms with Crippen LogP contribution >= 0.6 is 0 Å². The number of hydrogen-bond acceptors (Lipinski definition) is 4. The van der Waals surface area contributed by atoms with Gasteiger partial charge in [0.25, 0.3) is 0 Å². The second kappa shape index (κ2) is 4.60. The van der Waals surface area contributed by atoms with E-state index >= 15 is 0 Å². The van der Waals surface area contributed by atoms with E-state index < -0.39 is 5.97 Å². The molecule has 4 nitrogen and oxygen atoms in total. The van der Waals surface area contributed by atoms with Gasteiger partial charge in [-0.25, -0.2) is 14.8 Å². The van der Waals surface area contributed by atoms with Crippen molar-refractivity contribution in [1.29, 1.82) is 0 Å². The first-order valence-electron chi connectivity index (χ1n) is 5.34. The lowest BCUT2D eigenvalue weighted by atomic mass is 9.88. The van der Waals surface area contributed by atoms with Gasteiger partial charge in [0.2, 0.25) is 5.82 Å². The first kappa shape index (κ1) is 12.6. The summed E-state index contributed by atoms with van der Waals surface area (Å²) in [6.07, 6.45) is 2.56. The maximum absolute atomic E-state index is 11.3. The number of rotatable bonds is 2. The van der Waals surface area contributed by atoms with Crippen LogP contribution in [0.15, 0.2) is 6.20 Å². The largest absolute Gasteiger partial charge is 0.463 e. The van der Waals surface area contributed by atoms with Crippen molar-refractivity contribution in [3.63, 3.8) is 0 Å². The number of methoxy groups -OCH3 is 1. The van der Waals surface area contributed by atoms with Gasteiger partial charge < -0.3 is 4.74 Å². The molecule has 0 unspecified atom stereocenters. The lowest BCUT2D eigenvalue weighted by Crippen LogP contribution is -2.20. The molecule has 0 radical (unpaired) electrons. The molecule has 1 heterocycles. The molecule has 16 heavy (non-hydrogen) atoms. The first-order chi connectivity index (χ1) is 7.40. The molecule has 0 aliphatic carbocycles. The summed E-state index contributed by atoms with van der Waals surface area (Å²) in [6.45, 7) is 8.24. The van der Waals surface area contributed by atoms with Crippen molar-refractivity contribution in [2.75, 3.05) is 7.11 Å². The molecule has 0 amide bonds. The maximum Gasteiger partial charge on any atom is 0.376 e. The van der Waals surface area contributed by atoms with E-state index in [1.807, 2.05) is 6.92 Å². The minimum atomic E-state index is -0.492. The smallest absolute Gasteiger partial charge is 0.376 e. The first-order valence-corrected chi connectivity index (χ1v) is 5.34. The molecule has 0 saturated carbocycles. The molecule has 0 aromatic carbocycles. The summed E-state index contributed by atoms with van der Waals surface area (Å²) in [5.74, 6) is -0.363. The summed E-state index contributed by atoms with van der Waals surface area (Å²) in [4.78, 5) is 19.7. The molecule has 0 spiro atoms. The number of carbonyl (C=O) groups excluding carboxylic acids is 1. The van der Waals surface area contributed by atoms with Gasteiger partial charge in [0.1, 0.15) is 0 Å². The van der Waals surface area contributed by atoms with Crippen LogP contribution < -0.4 is 0 Å². The van der Waals surface area contributed by atoms with E-state index in [1.165, 1.54) is 7.11 Å². The zero-order chi connectivity index (χ0) is 12.3. The predicted molar refractivity (Wildman–Crippen MR) is 61.4 cm³/mol. The van der Waals surface area contributed by atoms with Gasteiger partial charge in [-0.3, -0.25) is 0 Å². The standard InChI is InChI=1S/C12H18N2O2/c1-6-8-7-13-10(11(15)16-5)14-9(8)12(2,3)4/h7H,6H2,1-5H3. The Kier molecular flexibility index (Phi) is 3.62. The second-order valence-corrected chi connectivity index (χ2v) is 4.66. The number of esters is 1. The van der Waals surface area contributed by atoms with Crippen molar-refractivity contribution in [3.8, 4) is 0 Å². The van der Waals surface area contributed by atoms with Crippen molar-refractivity contribution in [2.45, 2.75) is 39.5 Å². The average Bonchev–Trinajstić information content (AvgIpc) is 2.26. The number of aromatic nitrogens is 2. The van der Waals surface area contributed by atoms with Crippen LogP contribution in [-0.2, 0) is 16.6 Å². The minimum Gasteiger partial charge on any atom is -0.463 e. The molecule has 0 N–H and O–H groups in total. The number of hydrogen-bond donors (Lipinski definition) is 0. The summed E-state index contributed by atoms with van der Waals surface area (Å²) in [7, 11) is 1.33. The Balaban J connectivity index is 3.27. The SMILES string of the molecule is CCc1cnc(C(=O)OC)nc1C(C)(C)C. The topological polar surface area (TPSA) is 52.1 Å². The van der Waals surface area contributed by atoms with Crippen LogP contribution in [0.25, 0.3) is 0 Å². The van der Waals surface area contributed by atoms with Gasteiger partial charge in [-0.05, 0) is 12.0 Å². The van der Waals surface area contributed by atoms with Crippen molar-refractivity contribution in [3.05, 3.63) is 23.3 Å². The Morgan fingerprint density at radius 3 is 2.50 bits per heavy atom. The van der Waals surface area contributed by atoms with Crippen LogP contribution in [0.1, 0.15) is 49.6 Å². The minimum absolute atomic E-state index is 0.100. The predicted octanol–water partition coefficient (Wildman–Crippen LogP) is 2.12.